The van der Waals surface area contributed by atoms with E-state index in [2.05, 4.69) is 20.3 Å². The van der Waals surface area contributed by atoms with Gasteiger partial charge in [0.2, 0.25) is 0 Å². The molecule has 0 saturated heterocycles. The normalized spacial score (nSPS) is 15.3. The van der Waals surface area contributed by atoms with Crippen molar-refractivity contribution in [1.29, 1.82) is 0 Å². The Morgan fingerprint density at radius 1 is 1.50 bits per heavy atom. The summed E-state index contributed by atoms with van der Waals surface area (Å²) in [6.45, 7) is 3.24. The number of hydrogen-bond donors (Lipinski definition) is 2. The third-order valence-corrected chi connectivity index (χ3v) is 4.78. The lowest BCUT2D eigenvalue weighted by Gasteiger charge is -2.28. The van der Waals surface area contributed by atoms with Crippen molar-refractivity contribution in [3.05, 3.63) is 46.8 Å². The van der Waals surface area contributed by atoms with E-state index in [0.717, 1.165) is 17.9 Å². The number of aromatic nitrogens is 3. The Hall–Kier alpha value is -1.92. The molecule has 2 aromatic heterocycles. The zero-order valence-electron chi connectivity index (χ0n) is 13.9. The zero-order valence-corrected chi connectivity index (χ0v) is 14.7. The van der Waals surface area contributed by atoms with E-state index in [-0.39, 0.29) is 11.9 Å². The molecule has 1 fully saturated rings. The molecule has 128 valence electrons. The summed E-state index contributed by atoms with van der Waals surface area (Å²) in [4.78, 5) is 25.6. The predicted molar refractivity (Wildman–Crippen MR) is 92.9 cm³/mol. The highest BCUT2D eigenvalue weighted by Crippen LogP contribution is 2.35. The molecule has 0 aliphatic heterocycles. The van der Waals surface area contributed by atoms with Crippen molar-refractivity contribution >= 4 is 17.5 Å². The minimum absolute atomic E-state index is 0.0174. The number of rotatable bonds is 7. The minimum atomic E-state index is -0.0174. The average molecular weight is 348 g/mol. The summed E-state index contributed by atoms with van der Waals surface area (Å²) < 4.78 is 0. The molecule has 0 bridgehead atoms. The number of pyridine rings is 1. The van der Waals surface area contributed by atoms with E-state index >= 15 is 0 Å². The predicted octanol–water partition coefficient (Wildman–Crippen LogP) is 2.41. The van der Waals surface area contributed by atoms with Gasteiger partial charge >= 0.3 is 0 Å². The molecule has 6 nitrogen and oxygen atoms in total. The molecule has 0 spiro atoms. The Balaban J connectivity index is 1.60. The number of H-pyrrole nitrogens is 1. The highest BCUT2D eigenvalue weighted by atomic mass is 35.5. The van der Waals surface area contributed by atoms with Gasteiger partial charge in [-0.05, 0) is 37.3 Å². The van der Waals surface area contributed by atoms with Crippen molar-refractivity contribution in [3.63, 3.8) is 0 Å². The summed E-state index contributed by atoms with van der Waals surface area (Å²) in [5.41, 5.74) is 1.55. The number of halogens is 1. The third-order valence-electron chi connectivity index (χ3n) is 4.44. The van der Waals surface area contributed by atoms with E-state index in [4.69, 9.17) is 11.6 Å². The summed E-state index contributed by atoms with van der Waals surface area (Å²) in [6.07, 6.45) is 7.32. The zero-order chi connectivity index (χ0) is 17.1. The number of likely N-dealkylation sites (N-methyl/N-ethyl adjacent to an activating group) is 1. The molecule has 2 N–H and O–H groups in total. The van der Waals surface area contributed by atoms with Crippen LogP contribution in [0.1, 0.15) is 34.7 Å². The van der Waals surface area contributed by atoms with Gasteiger partial charge in [0.15, 0.2) is 0 Å². The molecule has 1 atom stereocenters. The molecule has 7 heteroatoms. The maximum atomic E-state index is 12.6. The van der Waals surface area contributed by atoms with Gasteiger partial charge in [0.05, 0.1) is 11.2 Å². The summed E-state index contributed by atoms with van der Waals surface area (Å²) in [5, 5.41) is 4.08. The van der Waals surface area contributed by atoms with E-state index in [1.54, 1.807) is 18.6 Å². The molecule has 1 aliphatic carbocycles. The largest absolute Gasteiger partial charge is 0.338 e. The van der Waals surface area contributed by atoms with Crippen LogP contribution in [0, 0.1) is 12.8 Å². The molecule has 2 heterocycles. The molecule has 24 heavy (non-hydrogen) atoms. The fourth-order valence-electron chi connectivity index (χ4n) is 2.87. The van der Waals surface area contributed by atoms with Crippen LogP contribution >= 0.6 is 11.6 Å². The number of nitrogens with zero attached hydrogens (tertiary/aromatic N) is 3. The maximum absolute atomic E-state index is 12.6. The van der Waals surface area contributed by atoms with Crippen LogP contribution in [0.3, 0.4) is 0 Å². The van der Waals surface area contributed by atoms with Crippen LogP contribution in [0.15, 0.2) is 24.7 Å². The second kappa shape index (κ2) is 7.32. The lowest BCUT2D eigenvalue weighted by atomic mass is 10.1. The van der Waals surface area contributed by atoms with E-state index in [1.165, 1.54) is 12.8 Å². The van der Waals surface area contributed by atoms with Gasteiger partial charge in [0.25, 0.3) is 5.91 Å². The topological polar surface area (TPSA) is 73.9 Å². The number of imidazole rings is 1. The Labute approximate surface area is 146 Å². The molecule has 1 aliphatic rings. The van der Waals surface area contributed by atoms with E-state index in [9.17, 15) is 4.79 Å². The van der Waals surface area contributed by atoms with Crippen LogP contribution in [0.4, 0.5) is 0 Å². The summed E-state index contributed by atoms with van der Waals surface area (Å²) in [7, 11) is 1.86. The summed E-state index contributed by atoms with van der Waals surface area (Å²) in [6, 6.07) is 2.07. The first-order chi connectivity index (χ1) is 11.6. The van der Waals surface area contributed by atoms with Crippen molar-refractivity contribution in [2.24, 2.45) is 5.92 Å². The number of aryl methyl sites for hydroxylation is 1. The van der Waals surface area contributed by atoms with Gasteiger partial charge in [-0.2, -0.15) is 0 Å². The van der Waals surface area contributed by atoms with Crippen LogP contribution in [0.5, 0.6) is 0 Å². The van der Waals surface area contributed by atoms with Crippen LogP contribution in [-0.4, -0.2) is 45.4 Å². The molecule has 1 amide bonds. The Morgan fingerprint density at radius 2 is 2.29 bits per heavy atom. The third kappa shape index (κ3) is 3.94. The molecule has 0 aromatic carbocycles. The molecule has 0 radical (unpaired) electrons. The van der Waals surface area contributed by atoms with Crippen molar-refractivity contribution in [2.75, 3.05) is 13.6 Å². The van der Waals surface area contributed by atoms with Crippen molar-refractivity contribution < 1.29 is 4.79 Å². The van der Waals surface area contributed by atoms with Gasteiger partial charge in [0, 0.05) is 38.6 Å². The van der Waals surface area contributed by atoms with Crippen LogP contribution in [0.2, 0.25) is 5.02 Å². The minimum Gasteiger partial charge on any atom is -0.338 e. The standard InChI is InChI=1S/C17H22ClN5O/c1-11-21-9-15(22-11)17(24)23(2)16(12-3-4-12)10-20-7-13-5-6-19-8-14(13)18/h5-6,8-9,12,16,20H,3-4,7,10H2,1-2H3,(H,21,22). The van der Waals surface area contributed by atoms with Gasteiger partial charge < -0.3 is 15.2 Å². The first kappa shape index (κ1) is 16.9. The maximum Gasteiger partial charge on any atom is 0.271 e. The molecular formula is C17H22ClN5O. The molecular weight excluding hydrogens is 326 g/mol. The van der Waals surface area contributed by atoms with Gasteiger partial charge in [0.1, 0.15) is 11.5 Å². The summed E-state index contributed by atoms with van der Waals surface area (Å²) in [5.74, 6) is 1.29. The lowest BCUT2D eigenvalue weighted by molar-refractivity contribution is 0.0705. The van der Waals surface area contributed by atoms with E-state index < -0.39 is 0 Å². The van der Waals surface area contributed by atoms with Gasteiger partial charge in [-0.15, -0.1) is 0 Å². The molecule has 1 unspecified atom stereocenters. The monoisotopic (exact) mass is 347 g/mol. The summed E-state index contributed by atoms with van der Waals surface area (Å²) >= 11 is 6.13. The molecule has 2 aromatic rings. The van der Waals surface area contributed by atoms with Crippen molar-refractivity contribution in [3.8, 4) is 0 Å². The van der Waals surface area contributed by atoms with Gasteiger partial charge in [-0.25, -0.2) is 4.98 Å². The first-order valence-electron chi connectivity index (χ1n) is 8.14. The van der Waals surface area contributed by atoms with Gasteiger partial charge in [-0.3, -0.25) is 9.78 Å². The van der Waals surface area contributed by atoms with Crippen molar-refractivity contribution in [2.45, 2.75) is 32.4 Å². The van der Waals surface area contributed by atoms with Crippen LogP contribution < -0.4 is 5.32 Å². The average Bonchev–Trinajstić information content (AvgIpc) is 3.32. The number of amides is 1. The first-order valence-corrected chi connectivity index (χ1v) is 8.52. The molecule has 3 rings (SSSR count). The SMILES string of the molecule is Cc1ncc(C(=O)N(C)C(CNCc2ccncc2Cl)C2CC2)[nH]1. The van der Waals surface area contributed by atoms with Crippen LogP contribution in [-0.2, 0) is 6.54 Å². The number of hydrogen-bond acceptors (Lipinski definition) is 4. The van der Waals surface area contributed by atoms with Crippen LogP contribution in [0.25, 0.3) is 0 Å². The number of nitrogens with one attached hydrogen (secondary N) is 2. The highest BCUT2D eigenvalue weighted by molar-refractivity contribution is 6.31. The van der Waals surface area contributed by atoms with Crippen molar-refractivity contribution in [1.82, 2.24) is 25.2 Å². The number of carbonyl (C=O) groups excluding carboxylic acids is 1. The lowest BCUT2D eigenvalue weighted by Crippen LogP contribution is -2.44. The fraction of sp³-hybridized carbons (Fsp3) is 0.471. The Morgan fingerprint density at radius 3 is 2.92 bits per heavy atom. The number of carbonyl (C=O) groups is 1. The van der Waals surface area contributed by atoms with E-state index in [1.807, 2.05) is 24.9 Å². The van der Waals surface area contributed by atoms with E-state index in [0.29, 0.717) is 23.2 Å². The Bertz CT molecular complexity index is 713. The Kier molecular flexibility index (Phi) is 5.16. The second-order valence-corrected chi connectivity index (χ2v) is 6.71. The fourth-order valence-corrected chi connectivity index (χ4v) is 3.06. The second-order valence-electron chi connectivity index (χ2n) is 6.30. The number of aromatic amines is 1. The van der Waals surface area contributed by atoms with Gasteiger partial charge in [-0.1, -0.05) is 11.6 Å². The smallest absolute Gasteiger partial charge is 0.271 e. The quantitative estimate of drug-likeness (QED) is 0.806. The highest BCUT2D eigenvalue weighted by Gasteiger charge is 2.36. The molecule has 1 saturated carbocycles.